The lowest BCUT2D eigenvalue weighted by Crippen LogP contribution is -2.39. The van der Waals surface area contributed by atoms with Gasteiger partial charge in [-0.1, -0.05) is 12.1 Å². The normalized spacial score (nSPS) is 11.9. The molecule has 0 heterocycles. The predicted molar refractivity (Wildman–Crippen MR) is 109 cm³/mol. The van der Waals surface area contributed by atoms with Crippen molar-refractivity contribution in [3.63, 3.8) is 0 Å². The second-order valence-corrected chi connectivity index (χ2v) is 8.13. The summed E-state index contributed by atoms with van der Waals surface area (Å²) in [5.74, 6) is -0.171. The molecule has 1 N–H and O–H groups in total. The molecule has 0 aliphatic heterocycles. The predicted octanol–water partition coefficient (Wildman–Crippen LogP) is 2.64. The van der Waals surface area contributed by atoms with Gasteiger partial charge in [-0.25, -0.2) is 13.8 Å². The highest BCUT2D eigenvalue weighted by Crippen LogP contribution is 2.32. The number of rotatable bonds is 8. The maximum Gasteiger partial charge on any atom is 0.416 e. The Morgan fingerprint density at radius 2 is 1.81 bits per heavy atom. The molecule has 31 heavy (non-hydrogen) atoms. The monoisotopic (exact) mass is 459 g/mol. The zero-order valence-corrected chi connectivity index (χ0v) is 17.6. The van der Waals surface area contributed by atoms with Crippen molar-refractivity contribution in [1.82, 2.24) is 5.43 Å². The van der Waals surface area contributed by atoms with Crippen LogP contribution in [0.15, 0.2) is 47.6 Å². The van der Waals surface area contributed by atoms with Gasteiger partial charge in [0.15, 0.2) is 11.5 Å². The highest BCUT2D eigenvalue weighted by atomic mass is 32.2. The first-order valence-corrected chi connectivity index (χ1v) is 10.5. The number of methoxy groups -OCH3 is 2. The average Bonchev–Trinajstić information content (AvgIpc) is 2.70. The maximum atomic E-state index is 12.7. The number of ether oxygens (including phenoxy) is 2. The number of amides is 1. The minimum absolute atomic E-state index is 0.106. The summed E-state index contributed by atoms with van der Waals surface area (Å²) in [7, 11) is -1.06. The molecule has 2 aromatic carbocycles. The molecule has 0 saturated heterocycles. The van der Waals surface area contributed by atoms with Crippen LogP contribution in [-0.4, -0.2) is 47.6 Å². The van der Waals surface area contributed by atoms with Gasteiger partial charge in [0, 0.05) is 6.07 Å². The van der Waals surface area contributed by atoms with Crippen LogP contribution in [0, 0.1) is 0 Å². The lowest BCUT2D eigenvalue weighted by Gasteiger charge is -2.22. The molecule has 1 amide bonds. The molecule has 2 rings (SSSR count). The largest absolute Gasteiger partial charge is 0.493 e. The summed E-state index contributed by atoms with van der Waals surface area (Å²) in [6, 6.07) is 8.65. The Bertz CT molecular complexity index is 1070. The highest BCUT2D eigenvalue weighted by molar-refractivity contribution is 7.92. The van der Waals surface area contributed by atoms with Crippen molar-refractivity contribution in [2.24, 2.45) is 5.10 Å². The fourth-order valence-electron chi connectivity index (χ4n) is 2.52. The van der Waals surface area contributed by atoms with Crippen molar-refractivity contribution in [3.05, 3.63) is 53.6 Å². The Labute approximate surface area is 177 Å². The third-order valence-electron chi connectivity index (χ3n) is 3.96. The number of hydrazone groups is 1. The lowest BCUT2D eigenvalue weighted by atomic mass is 10.1. The summed E-state index contributed by atoms with van der Waals surface area (Å²) in [6.45, 7) is -0.617. The van der Waals surface area contributed by atoms with Gasteiger partial charge in [-0.05, 0) is 29.8 Å². The first-order chi connectivity index (χ1) is 14.5. The van der Waals surface area contributed by atoms with E-state index in [0.29, 0.717) is 5.75 Å². The first kappa shape index (κ1) is 24.0. The van der Waals surface area contributed by atoms with Gasteiger partial charge in [-0.2, -0.15) is 18.3 Å². The summed E-state index contributed by atoms with van der Waals surface area (Å²) in [5, 5.41) is 3.60. The summed E-state index contributed by atoms with van der Waals surface area (Å²) in [4.78, 5) is 12.2. The molecule has 0 atom stereocenters. The SMILES string of the molecule is COc1ccc(N(CC(=O)N/N=C\c2cccc(C(F)(F)F)c2)S(C)(=O)=O)cc1OC. The molecule has 8 nitrogen and oxygen atoms in total. The zero-order valence-electron chi connectivity index (χ0n) is 16.8. The number of carbonyl (C=O) groups is 1. The van der Waals surface area contributed by atoms with Gasteiger partial charge in [0.25, 0.3) is 5.91 Å². The van der Waals surface area contributed by atoms with Crippen molar-refractivity contribution >= 4 is 27.8 Å². The summed E-state index contributed by atoms with van der Waals surface area (Å²) in [5.41, 5.74) is 1.50. The number of hydrogen-bond acceptors (Lipinski definition) is 6. The van der Waals surface area contributed by atoms with Crippen LogP contribution < -0.4 is 19.2 Å². The highest BCUT2D eigenvalue weighted by Gasteiger charge is 2.30. The third kappa shape index (κ3) is 6.60. The van der Waals surface area contributed by atoms with E-state index in [9.17, 15) is 26.4 Å². The number of anilines is 1. The molecule has 12 heteroatoms. The zero-order chi connectivity index (χ0) is 23.2. The van der Waals surface area contributed by atoms with E-state index in [1.807, 2.05) is 0 Å². The standard InChI is InChI=1S/C19H20F3N3O5S/c1-29-16-8-7-15(10-17(16)30-2)25(31(3,27)28)12-18(26)24-23-11-13-5-4-6-14(9-13)19(20,21)22/h4-11H,12H2,1-3H3,(H,24,26)/b23-11-. The summed E-state index contributed by atoms with van der Waals surface area (Å²) in [6.07, 6.45) is -2.57. The van der Waals surface area contributed by atoms with Crippen molar-refractivity contribution < 1.29 is 35.9 Å². The minimum Gasteiger partial charge on any atom is -0.493 e. The van der Waals surface area contributed by atoms with Gasteiger partial charge in [0.05, 0.1) is 37.9 Å². The van der Waals surface area contributed by atoms with Gasteiger partial charge >= 0.3 is 6.18 Å². The molecule has 0 aliphatic rings. The molecule has 2 aromatic rings. The van der Waals surface area contributed by atoms with Gasteiger partial charge in [-0.15, -0.1) is 0 Å². The van der Waals surface area contributed by atoms with Crippen LogP contribution in [0.4, 0.5) is 18.9 Å². The molecule has 0 spiro atoms. The third-order valence-corrected chi connectivity index (χ3v) is 5.10. The molecule has 0 bridgehead atoms. The molecule has 168 valence electrons. The summed E-state index contributed by atoms with van der Waals surface area (Å²) < 4.78 is 73.6. The molecule has 0 radical (unpaired) electrons. The van der Waals surface area contributed by atoms with Gasteiger partial charge in [0.2, 0.25) is 10.0 Å². The first-order valence-electron chi connectivity index (χ1n) is 8.64. The van der Waals surface area contributed by atoms with Crippen molar-refractivity contribution in [1.29, 1.82) is 0 Å². The van der Waals surface area contributed by atoms with Crippen LogP contribution in [0.2, 0.25) is 0 Å². The van der Waals surface area contributed by atoms with Gasteiger partial charge < -0.3 is 9.47 Å². The van der Waals surface area contributed by atoms with E-state index >= 15 is 0 Å². The number of carbonyl (C=O) groups excluding carboxylic acids is 1. The minimum atomic E-state index is -4.51. The van der Waals surface area contributed by atoms with E-state index in [-0.39, 0.29) is 17.0 Å². The average molecular weight is 459 g/mol. The van der Waals surface area contributed by atoms with Crippen molar-refractivity contribution in [2.45, 2.75) is 6.18 Å². The fourth-order valence-corrected chi connectivity index (χ4v) is 3.37. The van der Waals surface area contributed by atoms with E-state index in [1.54, 1.807) is 0 Å². The number of benzene rings is 2. The van der Waals surface area contributed by atoms with E-state index in [0.717, 1.165) is 28.9 Å². The maximum absolute atomic E-state index is 12.7. The number of halogens is 3. The molecule has 0 saturated carbocycles. The fraction of sp³-hybridized carbons (Fsp3) is 0.263. The van der Waals surface area contributed by atoms with Crippen LogP contribution in [0.5, 0.6) is 11.5 Å². The van der Waals surface area contributed by atoms with E-state index < -0.39 is 34.2 Å². The van der Waals surface area contributed by atoms with Crippen molar-refractivity contribution in [2.75, 3.05) is 31.3 Å². The van der Waals surface area contributed by atoms with Crippen LogP contribution in [-0.2, 0) is 21.0 Å². The smallest absolute Gasteiger partial charge is 0.416 e. The molecule has 0 unspecified atom stereocenters. The van der Waals surface area contributed by atoms with Crippen LogP contribution in [0.3, 0.4) is 0 Å². The number of sulfonamides is 1. The topological polar surface area (TPSA) is 97.3 Å². The Morgan fingerprint density at radius 3 is 2.39 bits per heavy atom. The van der Waals surface area contributed by atoms with E-state index in [4.69, 9.17) is 9.47 Å². The second kappa shape index (κ2) is 9.69. The Kier molecular flexibility index (Phi) is 7.50. The molecular formula is C19H20F3N3O5S. The van der Waals surface area contributed by atoms with Crippen LogP contribution in [0.25, 0.3) is 0 Å². The number of hydrogen-bond donors (Lipinski definition) is 1. The molecular weight excluding hydrogens is 439 g/mol. The Hall–Kier alpha value is -3.28. The second-order valence-electron chi connectivity index (χ2n) is 6.23. The quantitative estimate of drug-likeness (QED) is 0.484. The van der Waals surface area contributed by atoms with E-state index in [1.165, 1.54) is 44.6 Å². The molecule has 0 fully saturated rings. The number of nitrogens with one attached hydrogen (secondary N) is 1. The van der Waals surface area contributed by atoms with Crippen LogP contribution >= 0.6 is 0 Å². The Morgan fingerprint density at radius 1 is 1.13 bits per heavy atom. The summed E-state index contributed by atoms with van der Waals surface area (Å²) >= 11 is 0. The lowest BCUT2D eigenvalue weighted by molar-refractivity contribution is -0.137. The number of alkyl halides is 3. The van der Waals surface area contributed by atoms with Crippen molar-refractivity contribution in [3.8, 4) is 11.5 Å². The van der Waals surface area contributed by atoms with Gasteiger partial charge in [-0.3, -0.25) is 9.10 Å². The molecule has 0 aromatic heterocycles. The molecule has 0 aliphatic carbocycles. The van der Waals surface area contributed by atoms with Crippen LogP contribution in [0.1, 0.15) is 11.1 Å². The van der Waals surface area contributed by atoms with Gasteiger partial charge in [0.1, 0.15) is 6.54 Å². The van der Waals surface area contributed by atoms with E-state index in [2.05, 4.69) is 10.5 Å². The Balaban J connectivity index is 2.15. The number of nitrogens with zero attached hydrogens (tertiary/aromatic N) is 2.